The molecule has 3 heterocycles. The Morgan fingerprint density at radius 1 is 0.667 bits per heavy atom. The minimum Gasteiger partial charge on any atom is -0.469 e. The van der Waals surface area contributed by atoms with E-state index in [9.17, 15) is 50.4 Å². The highest BCUT2D eigenvalue weighted by atomic mass is 16.8. The molecule has 3 fully saturated rings. The Labute approximate surface area is 278 Å². The first-order chi connectivity index (χ1) is 22.8. The molecule has 0 radical (unpaired) electrons. The van der Waals surface area contributed by atoms with Crippen LogP contribution in [0.4, 0.5) is 0 Å². The van der Waals surface area contributed by atoms with Crippen molar-refractivity contribution in [2.45, 2.75) is 151 Å². The van der Waals surface area contributed by atoms with Crippen LogP contribution in [0.15, 0.2) is 0 Å². The number of methoxy groups -OCH3 is 1. The number of esters is 1. The van der Waals surface area contributed by atoms with Crippen molar-refractivity contribution in [3.8, 4) is 0 Å². The van der Waals surface area contributed by atoms with Crippen LogP contribution < -0.4 is 5.32 Å². The first kappa shape index (κ1) is 40.8. The smallest absolute Gasteiger partial charge is 0.305 e. The summed E-state index contributed by atoms with van der Waals surface area (Å²) < 4.78 is 39.9. The fourth-order valence-corrected chi connectivity index (χ4v) is 5.90. The number of carbonyl (C=O) groups excluding carboxylic acids is 2. The van der Waals surface area contributed by atoms with Gasteiger partial charge in [-0.2, -0.15) is 0 Å². The number of aliphatic hydroxyl groups is 8. The Kier molecular flexibility index (Phi) is 16.7. The van der Waals surface area contributed by atoms with E-state index in [0.717, 1.165) is 32.1 Å². The van der Waals surface area contributed by atoms with Gasteiger partial charge in [0.05, 0.1) is 26.4 Å². The summed E-state index contributed by atoms with van der Waals surface area (Å²) in [5.41, 5.74) is 0. The van der Waals surface area contributed by atoms with Gasteiger partial charge in [-0.25, -0.2) is 0 Å². The SMILES string of the molecule is COC(=O)CCCCCCCCO[C@@H]1O[C@H](CO)[C@H](O[C@@H]2O[C@H](CO)[C@H](O)[C@@H](O)[C@H]2O)[C@H](O[C@@H]2O[C@@H](C)[C@@H](O)[C@@H](O)[C@@H]2O)[C@H]1NC(C)=O. The number of ether oxygens (including phenoxy) is 7. The molecule has 3 aliphatic heterocycles. The maximum absolute atomic E-state index is 12.4. The number of aliphatic hydroxyl groups excluding tert-OH is 8. The van der Waals surface area contributed by atoms with Gasteiger partial charge in [0.2, 0.25) is 5.91 Å². The molecule has 48 heavy (non-hydrogen) atoms. The standard InChI is InChI=1S/C30H53NO17/c1-14-20(36)22(38)24(40)29(44-14)48-27-19(31-15(2)34)28(43-11-9-7-5-4-6-8-10-18(35)42-3)46-17(13-33)26(27)47-30-25(41)23(39)21(37)16(12-32)45-30/h14,16-17,19-30,32-33,36-41H,4-13H2,1-3H3,(H,31,34)/t14-,16+,17+,19+,20+,21-,22+,23+,24-,25+,26-,27+,28+,29-,30-/m0/s1. The number of unbranched alkanes of at least 4 members (excludes halogenated alkanes) is 5. The topological polar surface area (TPSA) is 273 Å². The maximum Gasteiger partial charge on any atom is 0.305 e. The quantitative estimate of drug-likeness (QED) is 0.0527. The third-order valence-electron chi connectivity index (χ3n) is 8.72. The average Bonchev–Trinajstić information content (AvgIpc) is 3.06. The molecule has 0 aromatic rings. The lowest BCUT2D eigenvalue weighted by molar-refractivity contribution is -0.373. The monoisotopic (exact) mass is 699 g/mol. The third-order valence-corrected chi connectivity index (χ3v) is 8.72. The first-order valence-electron chi connectivity index (χ1n) is 16.4. The van der Waals surface area contributed by atoms with E-state index in [1.54, 1.807) is 0 Å². The van der Waals surface area contributed by atoms with E-state index in [0.29, 0.717) is 12.8 Å². The van der Waals surface area contributed by atoms with Crippen LogP contribution in [0.3, 0.4) is 0 Å². The molecule has 18 nitrogen and oxygen atoms in total. The van der Waals surface area contributed by atoms with Crippen molar-refractivity contribution >= 4 is 11.9 Å². The molecule has 15 atom stereocenters. The number of carbonyl (C=O) groups is 2. The summed E-state index contributed by atoms with van der Waals surface area (Å²) in [6.45, 7) is 1.36. The maximum atomic E-state index is 12.4. The number of hydrogen-bond donors (Lipinski definition) is 9. The Bertz CT molecular complexity index is 976. The summed E-state index contributed by atoms with van der Waals surface area (Å²) in [6, 6.07) is -1.21. The molecule has 0 aliphatic carbocycles. The average molecular weight is 700 g/mol. The van der Waals surface area contributed by atoms with Crippen LogP contribution in [-0.4, -0.2) is 172 Å². The van der Waals surface area contributed by atoms with Gasteiger partial charge in [-0.3, -0.25) is 9.59 Å². The second-order valence-electron chi connectivity index (χ2n) is 12.4. The van der Waals surface area contributed by atoms with Gasteiger partial charge in [0, 0.05) is 20.0 Å². The van der Waals surface area contributed by atoms with Gasteiger partial charge >= 0.3 is 5.97 Å². The van der Waals surface area contributed by atoms with Gasteiger partial charge in [-0.1, -0.05) is 25.7 Å². The molecule has 0 saturated carbocycles. The summed E-state index contributed by atoms with van der Waals surface area (Å²) >= 11 is 0. The molecule has 1 amide bonds. The molecule has 0 unspecified atom stereocenters. The van der Waals surface area contributed by atoms with Crippen LogP contribution in [0.2, 0.25) is 0 Å². The second-order valence-corrected chi connectivity index (χ2v) is 12.4. The molecule has 3 aliphatic rings. The van der Waals surface area contributed by atoms with Crippen molar-refractivity contribution in [1.82, 2.24) is 5.32 Å². The highest BCUT2D eigenvalue weighted by Crippen LogP contribution is 2.34. The van der Waals surface area contributed by atoms with E-state index >= 15 is 0 Å². The summed E-state index contributed by atoms with van der Waals surface area (Å²) in [4.78, 5) is 23.7. The van der Waals surface area contributed by atoms with Gasteiger partial charge in [0.25, 0.3) is 0 Å². The first-order valence-corrected chi connectivity index (χ1v) is 16.4. The Morgan fingerprint density at radius 2 is 1.21 bits per heavy atom. The molecule has 0 spiro atoms. The minimum absolute atomic E-state index is 0.163. The van der Waals surface area contributed by atoms with Crippen molar-refractivity contribution in [1.29, 1.82) is 0 Å². The number of rotatable bonds is 17. The predicted octanol–water partition coefficient (Wildman–Crippen LogP) is -3.47. The second kappa shape index (κ2) is 19.7. The molecular weight excluding hydrogens is 646 g/mol. The number of nitrogens with one attached hydrogen (secondary N) is 1. The zero-order chi connectivity index (χ0) is 35.5. The highest BCUT2D eigenvalue weighted by Gasteiger charge is 2.54. The van der Waals surface area contributed by atoms with E-state index in [2.05, 4.69) is 10.1 Å². The Morgan fingerprint density at radius 3 is 1.81 bits per heavy atom. The lowest BCUT2D eigenvalue weighted by atomic mass is 9.94. The Hall–Kier alpha value is -1.62. The van der Waals surface area contributed by atoms with Gasteiger partial charge in [-0.15, -0.1) is 0 Å². The van der Waals surface area contributed by atoms with Gasteiger partial charge in [0.15, 0.2) is 18.9 Å². The van der Waals surface area contributed by atoms with E-state index in [1.165, 1.54) is 21.0 Å². The minimum atomic E-state index is -1.84. The number of hydrogen-bond acceptors (Lipinski definition) is 17. The predicted molar refractivity (Wildman–Crippen MR) is 160 cm³/mol. The summed E-state index contributed by atoms with van der Waals surface area (Å²) in [5.74, 6) is -0.803. The van der Waals surface area contributed by atoms with E-state index in [1.807, 2.05) is 0 Å². The van der Waals surface area contributed by atoms with Crippen LogP contribution in [0.5, 0.6) is 0 Å². The van der Waals surface area contributed by atoms with Crippen molar-refractivity contribution in [3.05, 3.63) is 0 Å². The van der Waals surface area contributed by atoms with Crippen LogP contribution in [0.1, 0.15) is 58.8 Å². The summed E-state index contributed by atoms with van der Waals surface area (Å²) in [6.07, 6.45) is -16.2. The molecule has 3 saturated heterocycles. The fraction of sp³-hybridized carbons (Fsp3) is 0.933. The van der Waals surface area contributed by atoms with Crippen LogP contribution >= 0.6 is 0 Å². The largest absolute Gasteiger partial charge is 0.469 e. The van der Waals surface area contributed by atoms with Crippen LogP contribution in [0, 0.1) is 0 Å². The van der Waals surface area contributed by atoms with Crippen molar-refractivity contribution in [2.24, 2.45) is 0 Å². The highest BCUT2D eigenvalue weighted by molar-refractivity contribution is 5.73. The molecule has 0 aromatic heterocycles. The van der Waals surface area contributed by atoms with Crippen LogP contribution in [0.25, 0.3) is 0 Å². The van der Waals surface area contributed by atoms with Gasteiger partial charge in [0.1, 0.15) is 67.1 Å². The zero-order valence-electron chi connectivity index (χ0n) is 27.5. The molecule has 9 N–H and O–H groups in total. The van der Waals surface area contributed by atoms with E-state index in [-0.39, 0.29) is 12.6 Å². The normalized spacial score (nSPS) is 40.4. The molecule has 0 aromatic carbocycles. The summed E-state index contributed by atoms with van der Waals surface area (Å²) in [5, 5.41) is 85.2. The molecular formula is C30H53NO17. The molecule has 280 valence electrons. The zero-order valence-corrected chi connectivity index (χ0v) is 27.5. The lowest BCUT2D eigenvalue weighted by Crippen LogP contribution is -2.69. The fourth-order valence-electron chi connectivity index (χ4n) is 5.90. The van der Waals surface area contributed by atoms with Gasteiger partial charge < -0.3 is 79.3 Å². The van der Waals surface area contributed by atoms with Crippen molar-refractivity contribution in [2.75, 3.05) is 26.9 Å². The molecule has 18 heteroatoms. The molecule has 0 bridgehead atoms. The van der Waals surface area contributed by atoms with Gasteiger partial charge in [-0.05, 0) is 19.8 Å². The van der Waals surface area contributed by atoms with E-state index in [4.69, 9.17) is 28.4 Å². The van der Waals surface area contributed by atoms with Crippen molar-refractivity contribution in [3.63, 3.8) is 0 Å². The lowest BCUT2D eigenvalue weighted by Gasteiger charge is -2.50. The van der Waals surface area contributed by atoms with Crippen LogP contribution in [-0.2, 0) is 42.7 Å². The summed E-state index contributed by atoms with van der Waals surface area (Å²) in [7, 11) is 1.35. The number of amides is 1. The third kappa shape index (κ3) is 10.7. The Balaban J connectivity index is 1.79. The van der Waals surface area contributed by atoms with Crippen molar-refractivity contribution < 1.29 is 83.6 Å². The molecule has 3 rings (SSSR count). The van der Waals surface area contributed by atoms with E-state index < -0.39 is 111 Å².